The van der Waals surface area contributed by atoms with Crippen molar-refractivity contribution in [2.24, 2.45) is 0 Å². The van der Waals surface area contributed by atoms with Crippen molar-refractivity contribution >= 4 is 11.4 Å². The molecule has 82 valence electrons. The maximum atomic E-state index is 13.2. The Morgan fingerprint density at radius 2 is 1.38 bits per heavy atom. The molecule has 16 heavy (non-hydrogen) atoms. The molecular formula is C12H8F3N. The zero-order valence-corrected chi connectivity index (χ0v) is 8.18. The molecule has 0 amide bonds. The molecule has 4 heteroatoms. The quantitative estimate of drug-likeness (QED) is 0.815. The average molecular weight is 223 g/mol. The van der Waals surface area contributed by atoms with E-state index in [9.17, 15) is 13.2 Å². The summed E-state index contributed by atoms with van der Waals surface area (Å²) in [4.78, 5) is 0. The predicted octanol–water partition coefficient (Wildman–Crippen LogP) is 3.85. The maximum absolute atomic E-state index is 13.2. The second kappa shape index (κ2) is 4.26. The molecule has 0 atom stereocenters. The highest BCUT2D eigenvalue weighted by Gasteiger charge is 2.03. The molecule has 0 saturated heterocycles. The fourth-order valence-electron chi connectivity index (χ4n) is 1.28. The highest BCUT2D eigenvalue weighted by atomic mass is 19.1. The summed E-state index contributed by atoms with van der Waals surface area (Å²) < 4.78 is 38.5. The molecule has 0 aliphatic rings. The largest absolute Gasteiger partial charge is 0.353 e. The summed E-state index contributed by atoms with van der Waals surface area (Å²) in [5.41, 5.74) is 0.680. The lowest BCUT2D eigenvalue weighted by molar-refractivity contribution is 0.586. The van der Waals surface area contributed by atoms with Crippen LogP contribution in [0.15, 0.2) is 42.5 Å². The minimum atomic E-state index is -0.690. The number of rotatable bonds is 2. The van der Waals surface area contributed by atoms with Gasteiger partial charge in [-0.15, -0.1) is 0 Å². The summed E-state index contributed by atoms with van der Waals surface area (Å²) >= 11 is 0. The van der Waals surface area contributed by atoms with Crippen LogP contribution in [0, 0.1) is 17.5 Å². The molecule has 0 fully saturated rings. The van der Waals surface area contributed by atoms with E-state index in [0.29, 0.717) is 5.69 Å². The van der Waals surface area contributed by atoms with Crippen LogP contribution < -0.4 is 5.32 Å². The van der Waals surface area contributed by atoms with Gasteiger partial charge in [0.15, 0.2) is 0 Å². The normalized spacial score (nSPS) is 10.2. The topological polar surface area (TPSA) is 12.0 Å². The van der Waals surface area contributed by atoms with Crippen LogP contribution in [-0.2, 0) is 0 Å². The highest BCUT2D eigenvalue weighted by molar-refractivity contribution is 5.59. The molecular weight excluding hydrogens is 215 g/mol. The highest BCUT2D eigenvalue weighted by Crippen LogP contribution is 2.20. The Balaban J connectivity index is 2.23. The second-order valence-corrected chi connectivity index (χ2v) is 3.26. The third-order valence-electron chi connectivity index (χ3n) is 2.05. The van der Waals surface area contributed by atoms with Crippen molar-refractivity contribution in [1.29, 1.82) is 0 Å². The molecule has 0 bridgehead atoms. The van der Waals surface area contributed by atoms with Crippen molar-refractivity contribution in [2.45, 2.75) is 0 Å². The molecule has 0 aromatic heterocycles. The van der Waals surface area contributed by atoms with Crippen molar-refractivity contribution in [3.05, 3.63) is 59.9 Å². The molecule has 0 heterocycles. The van der Waals surface area contributed by atoms with Crippen LogP contribution in [0.2, 0.25) is 0 Å². The summed E-state index contributed by atoms with van der Waals surface area (Å²) in [6, 6.07) is 8.67. The van der Waals surface area contributed by atoms with E-state index in [2.05, 4.69) is 5.32 Å². The summed E-state index contributed by atoms with van der Waals surface area (Å²) in [5, 5.41) is 2.72. The van der Waals surface area contributed by atoms with Crippen LogP contribution in [-0.4, -0.2) is 0 Å². The average Bonchev–Trinajstić information content (AvgIpc) is 2.25. The number of hydrogen-bond acceptors (Lipinski definition) is 1. The van der Waals surface area contributed by atoms with Crippen molar-refractivity contribution in [2.75, 3.05) is 5.32 Å². The SMILES string of the molecule is Fc1ccc(Nc2ccc(F)cc2F)cc1. The first-order valence-corrected chi connectivity index (χ1v) is 4.63. The van der Waals surface area contributed by atoms with Gasteiger partial charge in [-0.3, -0.25) is 0 Å². The Morgan fingerprint density at radius 1 is 0.750 bits per heavy atom. The zero-order valence-electron chi connectivity index (χ0n) is 8.18. The second-order valence-electron chi connectivity index (χ2n) is 3.26. The number of anilines is 2. The first-order valence-electron chi connectivity index (χ1n) is 4.63. The first kappa shape index (κ1) is 10.5. The Hall–Kier alpha value is -1.97. The van der Waals surface area contributed by atoms with Crippen molar-refractivity contribution in [1.82, 2.24) is 0 Å². The standard InChI is InChI=1S/C12H8F3N/c13-8-1-4-10(5-2-8)16-12-6-3-9(14)7-11(12)15/h1-7,16H. The molecule has 2 aromatic rings. The fourth-order valence-corrected chi connectivity index (χ4v) is 1.28. The molecule has 0 aliphatic heterocycles. The summed E-state index contributed by atoms with van der Waals surface area (Å²) in [6.45, 7) is 0. The number of benzene rings is 2. The predicted molar refractivity (Wildman–Crippen MR) is 56.0 cm³/mol. The van der Waals surface area contributed by atoms with Gasteiger partial charge in [0.1, 0.15) is 17.5 Å². The van der Waals surface area contributed by atoms with Gasteiger partial charge in [0.05, 0.1) is 5.69 Å². The van der Waals surface area contributed by atoms with E-state index in [-0.39, 0.29) is 11.5 Å². The number of nitrogens with one attached hydrogen (secondary N) is 1. The van der Waals surface area contributed by atoms with Gasteiger partial charge in [-0.25, -0.2) is 13.2 Å². The fraction of sp³-hybridized carbons (Fsp3) is 0. The summed E-state index contributed by atoms with van der Waals surface area (Å²) in [6.07, 6.45) is 0. The van der Waals surface area contributed by atoms with Crippen LogP contribution in [0.3, 0.4) is 0 Å². The lowest BCUT2D eigenvalue weighted by Crippen LogP contribution is -1.94. The van der Waals surface area contributed by atoms with E-state index >= 15 is 0 Å². The van der Waals surface area contributed by atoms with Gasteiger partial charge in [0, 0.05) is 11.8 Å². The molecule has 0 saturated carbocycles. The molecule has 0 unspecified atom stereocenters. The summed E-state index contributed by atoms with van der Waals surface area (Å²) in [5.74, 6) is -1.70. The van der Waals surface area contributed by atoms with Crippen molar-refractivity contribution < 1.29 is 13.2 Å². The molecule has 0 radical (unpaired) electrons. The van der Waals surface area contributed by atoms with Gasteiger partial charge in [-0.1, -0.05) is 0 Å². The Morgan fingerprint density at radius 3 is 2.00 bits per heavy atom. The van der Waals surface area contributed by atoms with Crippen molar-refractivity contribution in [3.8, 4) is 0 Å². The number of halogens is 3. The van der Waals surface area contributed by atoms with E-state index in [0.717, 1.165) is 12.1 Å². The van der Waals surface area contributed by atoms with Crippen LogP contribution in [0.25, 0.3) is 0 Å². The molecule has 1 nitrogen and oxygen atoms in total. The van der Waals surface area contributed by atoms with E-state index in [1.54, 1.807) is 0 Å². The Labute approximate surface area is 90.5 Å². The Bertz CT molecular complexity index is 494. The maximum Gasteiger partial charge on any atom is 0.149 e. The summed E-state index contributed by atoms with van der Waals surface area (Å²) in [7, 11) is 0. The molecule has 0 spiro atoms. The first-order chi connectivity index (χ1) is 7.65. The van der Waals surface area contributed by atoms with Crippen LogP contribution in [0.5, 0.6) is 0 Å². The van der Waals surface area contributed by atoms with E-state index in [1.165, 1.54) is 30.3 Å². The van der Waals surface area contributed by atoms with E-state index in [1.807, 2.05) is 0 Å². The van der Waals surface area contributed by atoms with Gasteiger partial charge in [-0.05, 0) is 36.4 Å². The van der Waals surface area contributed by atoms with Gasteiger partial charge in [-0.2, -0.15) is 0 Å². The lowest BCUT2D eigenvalue weighted by Gasteiger charge is -2.07. The number of hydrogen-bond donors (Lipinski definition) is 1. The van der Waals surface area contributed by atoms with Crippen LogP contribution in [0.4, 0.5) is 24.5 Å². The Kier molecular flexibility index (Phi) is 2.81. The minimum Gasteiger partial charge on any atom is -0.353 e. The van der Waals surface area contributed by atoms with Gasteiger partial charge in [0.25, 0.3) is 0 Å². The smallest absolute Gasteiger partial charge is 0.149 e. The van der Waals surface area contributed by atoms with Crippen molar-refractivity contribution in [3.63, 3.8) is 0 Å². The van der Waals surface area contributed by atoms with Gasteiger partial charge >= 0.3 is 0 Å². The van der Waals surface area contributed by atoms with Gasteiger partial charge in [0.2, 0.25) is 0 Å². The van der Waals surface area contributed by atoms with Crippen LogP contribution >= 0.6 is 0 Å². The molecule has 0 aliphatic carbocycles. The van der Waals surface area contributed by atoms with Crippen LogP contribution in [0.1, 0.15) is 0 Å². The third-order valence-corrected chi connectivity index (χ3v) is 2.05. The van der Waals surface area contributed by atoms with Gasteiger partial charge < -0.3 is 5.32 Å². The molecule has 2 rings (SSSR count). The zero-order chi connectivity index (χ0) is 11.5. The molecule has 1 N–H and O–H groups in total. The molecule has 2 aromatic carbocycles. The minimum absolute atomic E-state index is 0.146. The third kappa shape index (κ3) is 2.34. The van der Waals surface area contributed by atoms with E-state index < -0.39 is 11.6 Å². The lowest BCUT2D eigenvalue weighted by atomic mass is 10.2. The monoisotopic (exact) mass is 223 g/mol. The van der Waals surface area contributed by atoms with E-state index in [4.69, 9.17) is 0 Å².